The number of rotatable bonds is 3. The predicted octanol–water partition coefficient (Wildman–Crippen LogP) is 2.47. The summed E-state index contributed by atoms with van der Waals surface area (Å²) in [6.45, 7) is 1.54. The van der Waals surface area contributed by atoms with E-state index in [9.17, 15) is 4.79 Å². The molecule has 0 aliphatic rings. The SMILES string of the molecule is CC(C(=O)O)c1cc(Cl)c(NN)cc1Cl. The molecule has 0 saturated heterocycles. The van der Waals surface area contributed by atoms with Gasteiger partial charge >= 0.3 is 5.97 Å². The molecule has 4 nitrogen and oxygen atoms in total. The lowest BCUT2D eigenvalue weighted by molar-refractivity contribution is -0.138. The first-order valence-electron chi connectivity index (χ1n) is 4.15. The molecule has 1 atom stereocenters. The maximum Gasteiger partial charge on any atom is 0.310 e. The number of halogens is 2. The number of carboxylic acids is 1. The van der Waals surface area contributed by atoms with Gasteiger partial charge < -0.3 is 10.5 Å². The Balaban J connectivity index is 3.21. The number of carbonyl (C=O) groups is 1. The van der Waals surface area contributed by atoms with Gasteiger partial charge in [0.15, 0.2) is 0 Å². The molecule has 82 valence electrons. The Kier molecular flexibility index (Phi) is 3.79. The van der Waals surface area contributed by atoms with Gasteiger partial charge in [0.1, 0.15) is 0 Å². The van der Waals surface area contributed by atoms with Gasteiger partial charge in [-0.15, -0.1) is 0 Å². The van der Waals surface area contributed by atoms with Crippen LogP contribution in [0, 0.1) is 0 Å². The average Bonchev–Trinajstić information content (AvgIpc) is 2.19. The molecule has 0 saturated carbocycles. The van der Waals surface area contributed by atoms with Gasteiger partial charge in [-0.05, 0) is 24.6 Å². The highest BCUT2D eigenvalue weighted by atomic mass is 35.5. The van der Waals surface area contributed by atoms with Crippen molar-refractivity contribution < 1.29 is 9.90 Å². The van der Waals surface area contributed by atoms with Crippen molar-refractivity contribution in [3.8, 4) is 0 Å². The number of anilines is 1. The van der Waals surface area contributed by atoms with E-state index >= 15 is 0 Å². The van der Waals surface area contributed by atoms with E-state index in [0.29, 0.717) is 21.3 Å². The second-order valence-corrected chi connectivity index (χ2v) is 3.87. The minimum atomic E-state index is -0.957. The quantitative estimate of drug-likeness (QED) is 0.568. The summed E-state index contributed by atoms with van der Waals surface area (Å²) in [5.74, 6) is 3.53. The lowest BCUT2D eigenvalue weighted by Crippen LogP contribution is -2.10. The molecule has 0 aliphatic heterocycles. The Morgan fingerprint density at radius 2 is 2.07 bits per heavy atom. The van der Waals surface area contributed by atoms with Gasteiger partial charge in [0.25, 0.3) is 0 Å². The van der Waals surface area contributed by atoms with Crippen LogP contribution in [0.1, 0.15) is 18.4 Å². The second-order valence-electron chi connectivity index (χ2n) is 3.06. The molecule has 0 spiro atoms. The number of hydrogen-bond donors (Lipinski definition) is 3. The molecule has 0 bridgehead atoms. The van der Waals surface area contributed by atoms with Gasteiger partial charge in [-0.25, -0.2) is 0 Å². The van der Waals surface area contributed by atoms with Crippen molar-refractivity contribution >= 4 is 34.9 Å². The highest BCUT2D eigenvalue weighted by molar-refractivity contribution is 6.36. The molecule has 1 aromatic rings. The maximum absolute atomic E-state index is 10.8. The van der Waals surface area contributed by atoms with Crippen molar-refractivity contribution in [2.45, 2.75) is 12.8 Å². The van der Waals surface area contributed by atoms with Crippen molar-refractivity contribution in [2.75, 3.05) is 5.43 Å². The van der Waals surface area contributed by atoms with Crippen LogP contribution in [0.2, 0.25) is 10.0 Å². The van der Waals surface area contributed by atoms with E-state index in [-0.39, 0.29) is 0 Å². The first-order valence-corrected chi connectivity index (χ1v) is 4.91. The number of carboxylic acid groups (broad SMARTS) is 1. The Morgan fingerprint density at radius 3 is 2.53 bits per heavy atom. The third-order valence-corrected chi connectivity index (χ3v) is 2.72. The van der Waals surface area contributed by atoms with Gasteiger partial charge in [-0.1, -0.05) is 23.2 Å². The number of nitrogens with two attached hydrogens (primary N) is 1. The third-order valence-electron chi connectivity index (χ3n) is 2.08. The number of hydrogen-bond acceptors (Lipinski definition) is 3. The molecule has 6 heteroatoms. The molecule has 1 aromatic carbocycles. The molecular formula is C9H10Cl2N2O2. The fraction of sp³-hybridized carbons (Fsp3) is 0.222. The van der Waals surface area contributed by atoms with Gasteiger partial charge in [-0.3, -0.25) is 10.6 Å². The van der Waals surface area contributed by atoms with Crippen molar-refractivity contribution in [2.24, 2.45) is 5.84 Å². The predicted molar refractivity (Wildman–Crippen MR) is 60.3 cm³/mol. The van der Waals surface area contributed by atoms with Crippen LogP contribution >= 0.6 is 23.2 Å². The fourth-order valence-corrected chi connectivity index (χ4v) is 1.69. The number of aliphatic carboxylic acids is 1. The average molecular weight is 249 g/mol. The lowest BCUT2D eigenvalue weighted by atomic mass is 10.0. The molecule has 0 amide bonds. The number of hydrazine groups is 1. The number of nitrogen functional groups attached to an aromatic ring is 1. The second kappa shape index (κ2) is 4.70. The maximum atomic E-state index is 10.8. The summed E-state index contributed by atoms with van der Waals surface area (Å²) in [6.07, 6.45) is 0. The largest absolute Gasteiger partial charge is 0.481 e. The van der Waals surface area contributed by atoms with Crippen LogP contribution in [0.4, 0.5) is 5.69 Å². The van der Waals surface area contributed by atoms with Crippen LogP contribution in [-0.2, 0) is 4.79 Å². The van der Waals surface area contributed by atoms with E-state index in [1.807, 2.05) is 0 Å². The molecule has 0 fully saturated rings. The first-order chi connectivity index (χ1) is 6.97. The topological polar surface area (TPSA) is 75.3 Å². The zero-order chi connectivity index (χ0) is 11.6. The van der Waals surface area contributed by atoms with Gasteiger partial charge in [0, 0.05) is 5.02 Å². The van der Waals surface area contributed by atoms with E-state index in [1.54, 1.807) is 0 Å². The summed E-state index contributed by atoms with van der Waals surface area (Å²) >= 11 is 11.8. The summed E-state index contributed by atoms with van der Waals surface area (Å²) in [4.78, 5) is 10.8. The summed E-state index contributed by atoms with van der Waals surface area (Å²) in [6, 6.07) is 3.00. The third kappa shape index (κ3) is 2.53. The first kappa shape index (κ1) is 12.1. The molecule has 0 aliphatic carbocycles. The van der Waals surface area contributed by atoms with Gasteiger partial charge in [0.2, 0.25) is 0 Å². The van der Waals surface area contributed by atoms with Crippen molar-refractivity contribution in [1.29, 1.82) is 0 Å². The Bertz CT molecular complexity index is 396. The Labute approximate surface area is 96.9 Å². The van der Waals surface area contributed by atoms with Crippen molar-refractivity contribution in [1.82, 2.24) is 0 Å². The highest BCUT2D eigenvalue weighted by Crippen LogP contribution is 2.32. The number of nitrogens with one attached hydrogen (secondary N) is 1. The molecule has 0 aromatic heterocycles. The normalized spacial score (nSPS) is 12.3. The molecular weight excluding hydrogens is 239 g/mol. The Morgan fingerprint density at radius 1 is 1.47 bits per heavy atom. The summed E-state index contributed by atoms with van der Waals surface area (Å²) in [5.41, 5.74) is 3.29. The van der Waals surface area contributed by atoms with E-state index < -0.39 is 11.9 Å². The van der Waals surface area contributed by atoms with E-state index in [0.717, 1.165) is 0 Å². The van der Waals surface area contributed by atoms with Crippen molar-refractivity contribution in [3.05, 3.63) is 27.7 Å². The van der Waals surface area contributed by atoms with Gasteiger partial charge in [0.05, 0.1) is 16.6 Å². The standard InChI is InChI=1S/C9H10Cl2N2O2/c1-4(9(14)15)5-2-7(11)8(13-12)3-6(5)10/h2-4,13H,12H2,1H3,(H,14,15). The molecule has 0 radical (unpaired) electrons. The lowest BCUT2D eigenvalue weighted by Gasteiger charge is -2.12. The van der Waals surface area contributed by atoms with Crippen molar-refractivity contribution in [3.63, 3.8) is 0 Å². The molecule has 1 unspecified atom stereocenters. The Hall–Kier alpha value is -0.970. The summed E-state index contributed by atoms with van der Waals surface area (Å²) < 4.78 is 0. The smallest absolute Gasteiger partial charge is 0.310 e. The van der Waals surface area contributed by atoms with E-state index in [4.69, 9.17) is 34.2 Å². The van der Waals surface area contributed by atoms with E-state index in [1.165, 1.54) is 19.1 Å². The van der Waals surface area contributed by atoms with Crippen LogP contribution in [0.25, 0.3) is 0 Å². The van der Waals surface area contributed by atoms with Crippen LogP contribution in [-0.4, -0.2) is 11.1 Å². The zero-order valence-electron chi connectivity index (χ0n) is 7.92. The van der Waals surface area contributed by atoms with Crippen LogP contribution in [0.15, 0.2) is 12.1 Å². The van der Waals surface area contributed by atoms with Crippen LogP contribution in [0.3, 0.4) is 0 Å². The molecule has 4 N–H and O–H groups in total. The summed E-state index contributed by atoms with van der Waals surface area (Å²) in [5, 5.41) is 9.49. The van der Waals surface area contributed by atoms with Crippen LogP contribution < -0.4 is 11.3 Å². The molecule has 1 rings (SSSR count). The monoisotopic (exact) mass is 248 g/mol. The minimum absolute atomic E-state index is 0.322. The molecule has 0 heterocycles. The summed E-state index contributed by atoms with van der Waals surface area (Å²) in [7, 11) is 0. The van der Waals surface area contributed by atoms with Crippen LogP contribution in [0.5, 0.6) is 0 Å². The zero-order valence-corrected chi connectivity index (χ0v) is 9.43. The minimum Gasteiger partial charge on any atom is -0.481 e. The van der Waals surface area contributed by atoms with E-state index in [2.05, 4.69) is 5.43 Å². The highest BCUT2D eigenvalue weighted by Gasteiger charge is 2.18. The van der Waals surface area contributed by atoms with Gasteiger partial charge in [-0.2, -0.15) is 0 Å². The fourth-order valence-electron chi connectivity index (χ4n) is 1.14. The molecule has 15 heavy (non-hydrogen) atoms. The number of benzene rings is 1.